The molecule has 0 aliphatic rings. The Bertz CT molecular complexity index is 1400. The SMILES string of the molecule is CCC(C)NC(=O)C(C)N(Cc1ccc(Cl)cc1Cl)C(=O)CN(C)S(=O)(=O)c1ccc2ccccc2c1. The van der Waals surface area contributed by atoms with Gasteiger partial charge in [-0.15, -0.1) is 0 Å². The van der Waals surface area contributed by atoms with Crippen LogP contribution in [-0.4, -0.2) is 55.1 Å². The molecule has 2 atom stereocenters. The van der Waals surface area contributed by atoms with Crippen molar-refractivity contribution in [3.63, 3.8) is 0 Å². The number of nitrogens with one attached hydrogen (secondary N) is 1. The maximum Gasteiger partial charge on any atom is 0.243 e. The van der Waals surface area contributed by atoms with Gasteiger partial charge in [-0.2, -0.15) is 4.31 Å². The van der Waals surface area contributed by atoms with Gasteiger partial charge in [0, 0.05) is 29.7 Å². The van der Waals surface area contributed by atoms with Crippen LogP contribution in [0.5, 0.6) is 0 Å². The third-order valence-corrected chi connectivity index (χ3v) is 8.70. The Kier molecular flexibility index (Phi) is 9.58. The molecule has 0 spiro atoms. The predicted octanol–water partition coefficient (Wildman–Crippen LogP) is 5.10. The third kappa shape index (κ3) is 7.02. The fourth-order valence-corrected chi connectivity index (χ4v) is 5.38. The van der Waals surface area contributed by atoms with Crippen LogP contribution in [0.1, 0.15) is 32.8 Å². The van der Waals surface area contributed by atoms with Crippen LogP contribution in [0.4, 0.5) is 0 Å². The average molecular weight is 565 g/mol. The maximum absolute atomic E-state index is 13.5. The van der Waals surface area contributed by atoms with E-state index in [4.69, 9.17) is 23.2 Å². The number of sulfonamides is 1. The zero-order valence-electron chi connectivity index (χ0n) is 21.2. The number of carbonyl (C=O) groups excluding carboxylic acids is 2. The van der Waals surface area contributed by atoms with Gasteiger partial charge in [0.05, 0.1) is 11.4 Å². The molecule has 0 saturated heterocycles. The zero-order valence-corrected chi connectivity index (χ0v) is 23.6. The highest BCUT2D eigenvalue weighted by Crippen LogP contribution is 2.24. The monoisotopic (exact) mass is 563 g/mol. The number of halogens is 2. The lowest BCUT2D eigenvalue weighted by molar-refractivity contribution is -0.140. The van der Waals surface area contributed by atoms with Gasteiger partial charge >= 0.3 is 0 Å². The summed E-state index contributed by atoms with van der Waals surface area (Å²) < 4.78 is 27.6. The summed E-state index contributed by atoms with van der Waals surface area (Å²) in [5.74, 6) is -0.877. The smallest absolute Gasteiger partial charge is 0.243 e. The van der Waals surface area contributed by atoms with Crippen LogP contribution >= 0.6 is 23.2 Å². The van der Waals surface area contributed by atoms with Crippen LogP contribution in [0.2, 0.25) is 10.0 Å². The number of benzene rings is 3. The summed E-state index contributed by atoms with van der Waals surface area (Å²) in [7, 11) is -2.63. The number of hydrogen-bond acceptors (Lipinski definition) is 4. The molecule has 0 saturated carbocycles. The molecule has 3 rings (SSSR count). The molecule has 3 aromatic rings. The van der Waals surface area contributed by atoms with E-state index in [0.717, 1.165) is 21.5 Å². The van der Waals surface area contributed by atoms with Gasteiger partial charge in [0.15, 0.2) is 0 Å². The maximum atomic E-state index is 13.5. The molecule has 0 heterocycles. The minimum atomic E-state index is -3.97. The van der Waals surface area contributed by atoms with Crippen molar-refractivity contribution >= 4 is 55.8 Å². The van der Waals surface area contributed by atoms with Crippen molar-refractivity contribution in [2.75, 3.05) is 13.6 Å². The number of nitrogens with zero attached hydrogens (tertiary/aromatic N) is 2. The van der Waals surface area contributed by atoms with E-state index in [-0.39, 0.29) is 23.4 Å². The first-order valence-electron chi connectivity index (χ1n) is 11.9. The third-order valence-electron chi connectivity index (χ3n) is 6.31. The van der Waals surface area contributed by atoms with E-state index in [1.165, 1.54) is 18.0 Å². The van der Waals surface area contributed by atoms with Crippen molar-refractivity contribution in [3.8, 4) is 0 Å². The number of hydrogen-bond donors (Lipinski definition) is 1. The summed E-state index contributed by atoms with van der Waals surface area (Å²) in [6, 6.07) is 16.2. The normalized spacial score (nSPS) is 13.4. The Morgan fingerprint density at radius 3 is 2.30 bits per heavy atom. The Balaban J connectivity index is 1.87. The number of amides is 2. The summed E-state index contributed by atoms with van der Waals surface area (Å²) in [5.41, 5.74) is 0.586. The van der Waals surface area contributed by atoms with E-state index in [2.05, 4.69) is 5.32 Å². The first-order chi connectivity index (χ1) is 17.4. The molecule has 0 bridgehead atoms. The van der Waals surface area contributed by atoms with Crippen LogP contribution < -0.4 is 5.32 Å². The van der Waals surface area contributed by atoms with Crippen molar-refractivity contribution in [1.29, 1.82) is 0 Å². The van der Waals surface area contributed by atoms with Crippen molar-refractivity contribution in [1.82, 2.24) is 14.5 Å². The first-order valence-corrected chi connectivity index (χ1v) is 14.1. The fraction of sp³-hybridized carbons (Fsp3) is 0.333. The Labute approximate surface area is 228 Å². The van der Waals surface area contributed by atoms with E-state index >= 15 is 0 Å². The molecule has 0 aromatic heterocycles. The molecule has 2 unspecified atom stereocenters. The van der Waals surface area contributed by atoms with E-state index < -0.39 is 28.5 Å². The van der Waals surface area contributed by atoms with Crippen LogP contribution in [-0.2, 0) is 26.2 Å². The van der Waals surface area contributed by atoms with E-state index in [9.17, 15) is 18.0 Å². The van der Waals surface area contributed by atoms with Crippen LogP contribution in [0.25, 0.3) is 10.8 Å². The Hall–Kier alpha value is -2.65. The summed E-state index contributed by atoms with van der Waals surface area (Å²) in [5, 5.41) is 5.35. The van der Waals surface area contributed by atoms with E-state index in [0.29, 0.717) is 15.6 Å². The molecule has 0 aliphatic carbocycles. The summed E-state index contributed by atoms with van der Waals surface area (Å²) in [6.45, 7) is 4.97. The standard InChI is InChI=1S/C27H31Cl2N3O4S/c1-5-18(2)30-27(34)19(3)32(16-22-10-12-23(28)15-25(22)29)26(33)17-31(4)37(35,36)24-13-11-20-8-6-7-9-21(20)14-24/h6-15,18-19H,5,16-17H2,1-4H3,(H,30,34). The molecular formula is C27H31Cl2N3O4S. The average Bonchev–Trinajstić information content (AvgIpc) is 2.87. The number of fused-ring (bicyclic) bond motifs is 1. The minimum Gasteiger partial charge on any atom is -0.352 e. The van der Waals surface area contributed by atoms with E-state index in [1.54, 1.807) is 37.3 Å². The van der Waals surface area contributed by atoms with Gasteiger partial charge in [0.1, 0.15) is 6.04 Å². The van der Waals surface area contributed by atoms with Crippen LogP contribution in [0.3, 0.4) is 0 Å². The largest absolute Gasteiger partial charge is 0.352 e. The summed E-state index contributed by atoms with van der Waals surface area (Å²) in [4.78, 5) is 27.8. The first kappa shape index (κ1) is 28.9. The molecule has 0 fully saturated rings. The second kappa shape index (κ2) is 12.3. The molecule has 37 heavy (non-hydrogen) atoms. The second-order valence-corrected chi connectivity index (χ2v) is 11.9. The predicted molar refractivity (Wildman–Crippen MR) is 148 cm³/mol. The number of likely N-dealkylation sites (N-methyl/N-ethyl adjacent to an activating group) is 1. The molecule has 1 N–H and O–H groups in total. The van der Waals surface area contributed by atoms with Gasteiger partial charge in [0.25, 0.3) is 0 Å². The van der Waals surface area contributed by atoms with Crippen LogP contribution in [0, 0.1) is 0 Å². The molecule has 3 aromatic carbocycles. The summed E-state index contributed by atoms with van der Waals surface area (Å²) >= 11 is 12.4. The van der Waals surface area contributed by atoms with Gasteiger partial charge in [-0.3, -0.25) is 9.59 Å². The van der Waals surface area contributed by atoms with Gasteiger partial charge < -0.3 is 10.2 Å². The van der Waals surface area contributed by atoms with Gasteiger partial charge in [-0.05, 0) is 60.9 Å². The fourth-order valence-electron chi connectivity index (χ4n) is 3.76. The second-order valence-electron chi connectivity index (χ2n) is 9.02. The molecule has 7 nitrogen and oxygen atoms in total. The summed E-state index contributed by atoms with van der Waals surface area (Å²) in [6.07, 6.45) is 0.724. The molecule has 0 radical (unpaired) electrons. The molecule has 2 amide bonds. The molecular weight excluding hydrogens is 533 g/mol. The zero-order chi connectivity index (χ0) is 27.3. The van der Waals surface area contributed by atoms with E-state index in [1.807, 2.05) is 38.1 Å². The lowest BCUT2D eigenvalue weighted by Crippen LogP contribution is -2.51. The highest BCUT2D eigenvalue weighted by molar-refractivity contribution is 7.89. The highest BCUT2D eigenvalue weighted by atomic mass is 35.5. The molecule has 10 heteroatoms. The molecule has 0 aliphatic heterocycles. The number of rotatable bonds is 10. The lowest BCUT2D eigenvalue weighted by atomic mass is 10.1. The topological polar surface area (TPSA) is 86.8 Å². The van der Waals surface area contributed by atoms with Crippen molar-refractivity contribution in [3.05, 3.63) is 76.3 Å². The van der Waals surface area contributed by atoms with Crippen molar-refractivity contribution in [2.24, 2.45) is 0 Å². The van der Waals surface area contributed by atoms with Gasteiger partial charge in [-0.25, -0.2) is 8.42 Å². The highest BCUT2D eigenvalue weighted by Gasteiger charge is 2.31. The van der Waals surface area contributed by atoms with Gasteiger partial charge in [-0.1, -0.05) is 66.5 Å². The Morgan fingerprint density at radius 2 is 1.65 bits per heavy atom. The Morgan fingerprint density at radius 1 is 0.973 bits per heavy atom. The van der Waals surface area contributed by atoms with Crippen molar-refractivity contribution < 1.29 is 18.0 Å². The molecule has 198 valence electrons. The van der Waals surface area contributed by atoms with Gasteiger partial charge in [0.2, 0.25) is 21.8 Å². The van der Waals surface area contributed by atoms with Crippen molar-refractivity contribution in [2.45, 2.75) is 50.7 Å². The number of carbonyl (C=O) groups is 2. The lowest BCUT2D eigenvalue weighted by Gasteiger charge is -2.31. The quantitative estimate of drug-likeness (QED) is 0.371. The minimum absolute atomic E-state index is 0.00773. The van der Waals surface area contributed by atoms with Crippen LogP contribution in [0.15, 0.2) is 65.6 Å².